The van der Waals surface area contributed by atoms with Crippen molar-refractivity contribution in [3.05, 3.63) is 76.7 Å². The Kier molecular flexibility index (Phi) is 6.76. The van der Waals surface area contributed by atoms with Crippen LogP contribution in [-0.4, -0.2) is 23.4 Å². The number of carbonyl (C=O) groups is 1. The summed E-state index contributed by atoms with van der Waals surface area (Å²) >= 11 is 1.72. The zero-order valence-corrected chi connectivity index (χ0v) is 17.1. The van der Waals surface area contributed by atoms with Crippen LogP contribution in [-0.2, 0) is 6.61 Å². The number of aromatic nitrogens is 1. The Morgan fingerprint density at radius 2 is 1.86 bits per heavy atom. The highest BCUT2D eigenvalue weighted by molar-refractivity contribution is 7.99. The molecule has 0 fully saturated rings. The van der Waals surface area contributed by atoms with Crippen LogP contribution in [0.1, 0.15) is 32.9 Å². The van der Waals surface area contributed by atoms with Crippen molar-refractivity contribution in [1.82, 2.24) is 10.5 Å². The molecule has 2 aromatic carbocycles. The molecule has 0 spiro atoms. The molecule has 1 amide bonds. The summed E-state index contributed by atoms with van der Waals surface area (Å²) in [5.41, 5.74) is 3.47. The van der Waals surface area contributed by atoms with E-state index in [2.05, 4.69) is 41.7 Å². The third-order valence-corrected chi connectivity index (χ3v) is 5.38. The summed E-state index contributed by atoms with van der Waals surface area (Å²) in [7, 11) is 0. The fourth-order valence-corrected chi connectivity index (χ4v) is 3.47. The molecule has 0 saturated carbocycles. The van der Waals surface area contributed by atoms with Gasteiger partial charge >= 0.3 is 0 Å². The summed E-state index contributed by atoms with van der Waals surface area (Å²) in [5, 5.41) is 6.90. The maximum absolute atomic E-state index is 12.6. The maximum Gasteiger partial charge on any atom is 0.255 e. The van der Waals surface area contributed by atoms with Crippen LogP contribution < -0.4 is 10.1 Å². The Morgan fingerprint density at radius 1 is 1.11 bits per heavy atom. The van der Waals surface area contributed by atoms with Gasteiger partial charge in [0.2, 0.25) is 0 Å². The average molecular weight is 397 g/mol. The van der Waals surface area contributed by atoms with Crippen molar-refractivity contribution in [3.63, 3.8) is 0 Å². The van der Waals surface area contributed by atoms with E-state index in [-0.39, 0.29) is 5.91 Å². The number of hydrogen-bond acceptors (Lipinski definition) is 5. The van der Waals surface area contributed by atoms with Crippen LogP contribution in [0.3, 0.4) is 0 Å². The van der Waals surface area contributed by atoms with E-state index in [1.807, 2.05) is 26.0 Å². The topological polar surface area (TPSA) is 64.4 Å². The van der Waals surface area contributed by atoms with Gasteiger partial charge in [-0.1, -0.05) is 35.0 Å². The molecule has 0 aliphatic heterocycles. The quantitative estimate of drug-likeness (QED) is 0.442. The van der Waals surface area contributed by atoms with Crippen LogP contribution in [0.2, 0.25) is 0 Å². The van der Waals surface area contributed by atoms with Crippen molar-refractivity contribution in [2.75, 3.05) is 12.3 Å². The van der Waals surface area contributed by atoms with E-state index in [1.165, 1.54) is 10.5 Å². The van der Waals surface area contributed by atoms with E-state index in [4.69, 9.17) is 9.26 Å². The third kappa shape index (κ3) is 5.16. The van der Waals surface area contributed by atoms with Gasteiger partial charge in [-0.15, -0.1) is 11.8 Å². The Labute approximate surface area is 169 Å². The van der Waals surface area contributed by atoms with E-state index in [0.717, 1.165) is 22.8 Å². The van der Waals surface area contributed by atoms with Crippen LogP contribution in [0, 0.1) is 20.8 Å². The van der Waals surface area contributed by atoms with Crippen molar-refractivity contribution in [1.29, 1.82) is 0 Å². The van der Waals surface area contributed by atoms with Crippen molar-refractivity contribution >= 4 is 17.7 Å². The van der Waals surface area contributed by atoms with Gasteiger partial charge in [-0.25, -0.2) is 0 Å². The Balaban J connectivity index is 1.54. The fraction of sp³-hybridized carbons (Fsp3) is 0.273. The number of nitrogens with one attached hydrogen (secondary N) is 1. The molecule has 0 unspecified atom stereocenters. The molecule has 146 valence electrons. The largest absolute Gasteiger partial charge is 0.488 e. The van der Waals surface area contributed by atoms with Crippen LogP contribution in [0.4, 0.5) is 0 Å². The molecule has 0 bridgehead atoms. The first-order valence-corrected chi connectivity index (χ1v) is 10.1. The number of benzene rings is 2. The maximum atomic E-state index is 12.6. The number of rotatable bonds is 8. The molecule has 3 rings (SSSR count). The van der Waals surface area contributed by atoms with Gasteiger partial charge in [0.25, 0.3) is 5.91 Å². The number of ether oxygens (including phenoxy) is 1. The van der Waals surface area contributed by atoms with Gasteiger partial charge in [0.1, 0.15) is 18.1 Å². The summed E-state index contributed by atoms with van der Waals surface area (Å²) in [6.45, 7) is 6.69. The van der Waals surface area contributed by atoms with E-state index >= 15 is 0 Å². The van der Waals surface area contributed by atoms with Crippen LogP contribution in [0.25, 0.3) is 0 Å². The molecule has 1 aromatic heterocycles. The molecular weight excluding hydrogens is 372 g/mol. The smallest absolute Gasteiger partial charge is 0.255 e. The van der Waals surface area contributed by atoms with E-state index in [0.29, 0.717) is 24.5 Å². The van der Waals surface area contributed by atoms with Gasteiger partial charge < -0.3 is 14.6 Å². The predicted molar refractivity (Wildman–Crippen MR) is 111 cm³/mol. The lowest BCUT2D eigenvalue weighted by Gasteiger charge is -2.11. The van der Waals surface area contributed by atoms with Crippen LogP contribution >= 0.6 is 11.8 Å². The monoisotopic (exact) mass is 396 g/mol. The highest BCUT2D eigenvalue weighted by Crippen LogP contribution is 2.22. The molecule has 1 N–H and O–H groups in total. The molecule has 3 aromatic rings. The van der Waals surface area contributed by atoms with Crippen molar-refractivity contribution in [3.8, 4) is 5.75 Å². The Hall–Kier alpha value is -2.73. The van der Waals surface area contributed by atoms with Gasteiger partial charge in [-0.05, 0) is 45.0 Å². The molecule has 28 heavy (non-hydrogen) atoms. The van der Waals surface area contributed by atoms with Crippen LogP contribution in [0.5, 0.6) is 5.75 Å². The fourth-order valence-electron chi connectivity index (χ4n) is 2.70. The van der Waals surface area contributed by atoms with E-state index in [1.54, 1.807) is 23.9 Å². The Bertz CT molecular complexity index is 916. The van der Waals surface area contributed by atoms with E-state index < -0.39 is 0 Å². The Morgan fingerprint density at radius 3 is 2.57 bits per heavy atom. The van der Waals surface area contributed by atoms with Gasteiger partial charge in [-0.2, -0.15) is 0 Å². The summed E-state index contributed by atoms with van der Waals surface area (Å²) in [4.78, 5) is 13.8. The number of carbonyl (C=O) groups excluding carboxylic acids is 1. The standard InChI is InChI=1S/C22H24N2O3S/c1-15-8-10-18(11-9-15)28-13-12-23-22(25)19-6-4-5-7-21(19)26-14-20-16(2)24-27-17(20)3/h4-11H,12-14H2,1-3H3,(H,23,25). The van der Waals surface area contributed by atoms with Crippen molar-refractivity contribution < 1.29 is 14.1 Å². The average Bonchev–Trinajstić information content (AvgIpc) is 3.02. The number of nitrogens with zero attached hydrogens (tertiary/aromatic N) is 1. The number of aryl methyl sites for hydroxylation is 3. The number of para-hydroxylation sites is 1. The number of thioether (sulfide) groups is 1. The van der Waals surface area contributed by atoms with Gasteiger partial charge in [0, 0.05) is 17.2 Å². The summed E-state index contributed by atoms with van der Waals surface area (Å²) in [6, 6.07) is 15.6. The summed E-state index contributed by atoms with van der Waals surface area (Å²) in [5.74, 6) is 1.94. The third-order valence-electron chi connectivity index (χ3n) is 4.36. The van der Waals surface area contributed by atoms with Crippen molar-refractivity contribution in [2.24, 2.45) is 0 Å². The normalized spacial score (nSPS) is 10.7. The molecule has 1 heterocycles. The molecule has 0 saturated heterocycles. The molecular formula is C22H24N2O3S. The second-order valence-corrected chi connectivity index (χ2v) is 7.67. The first kappa shape index (κ1) is 20.0. The van der Waals surface area contributed by atoms with Gasteiger partial charge in [-0.3, -0.25) is 4.79 Å². The lowest BCUT2D eigenvalue weighted by molar-refractivity contribution is 0.0951. The van der Waals surface area contributed by atoms with Crippen LogP contribution in [0.15, 0.2) is 57.9 Å². The summed E-state index contributed by atoms with van der Waals surface area (Å²) in [6.07, 6.45) is 0. The molecule has 5 nitrogen and oxygen atoms in total. The number of hydrogen-bond donors (Lipinski definition) is 1. The highest BCUT2D eigenvalue weighted by Gasteiger charge is 2.14. The summed E-state index contributed by atoms with van der Waals surface area (Å²) < 4.78 is 11.0. The zero-order chi connectivity index (χ0) is 19.9. The number of amides is 1. The molecule has 0 aliphatic carbocycles. The molecule has 6 heteroatoms. The molecule has 0 atom stereocenters. The second-order valence-electron chi connectivity index (χ2n) is 6.50. The SMILES string of the molecule is Cc1ccc(SCCNC(=O)c2ccccc2OCc2c(C)noc2C)cc1. The first-order chi connectivity index (χ1) is 13.5. The zero-order valence-electron chi connectivity index (χ0n) is 16.3. The van der Waals surface area contributed by atoms with Gasteiger partial charge in [0.05, 0.1) is 16.8 Å². The van der Waals surface area contributed by atoms with Gasteiger partial charge in [0.15, 0.2) is 0 Å². The van der Waals surface area contributed by atoms with E-state index in [9.17, 15) is 4.79 Å². The first-order valence-electron chi connectivity index (χ1n) is 9.16. The van der Waals surface area contributed by atoms with Crippen molar-refractivity contribution in [2.45, 2.75) is 32.3 Å². The molecule has 0 radical (unpaired) electrons. The highest BCUT2D eigenvalue weighted by atomic mass is 32.2. The lowest BCUT2D eigenvalue weighted by atomic mass is 10.2. The molecule has 0 aliphatic rings. The minimum absolute atomic E-state index is 0.140. The minimum Gasteiger partial charge on any atom is -0.488 e. The predicted octanol–water partition coefficient (Wildman–Crippen LogP) is 4.70. The minimum atomic E-state index is -0.140. The second kappa shape index (κ2) is 9.46. The lowest BCUT2D eigenvalue weighted by Crippen LogP contribution is -2.26.